The number of ether oxygens (including phenoxy) is 3. The van der Waals surface area contributed by atoms with E-state index in [4.69, 9.17) is 19.4 Å². The predicted molar refractivity (Wildman–Crippen MR) is 109 cm³/mol. The maximum absolute atomic E-state index is 11.0. The largest absolute Gasteiger partial charge is 0.733 e. The second-order valence-corrected chi connectivity index (χ2v) is 6.85. The Kier molecular flexibility index (Phi) is 5.36. The molecule has 1 atom stereocenters. The van der Waals surface area contributed by atoms with E-state index in [2.05, 4.69) is 22.1 Å². The van der Waals surface area contributed by atoms with Gasteiger partial charge in [-0.3, -0.25) is 10.1 Å². The van der Waals surface area contributed by atoms with Gasteiger partial charge in [-0.05, 0) is 43.3 Å². The number of benzene rings is 2. The van der Waals surface area contributed by atoms with Crippen LogP contribution in [0, 0.1) is 17.0 Å². The van der Waals surface area contributed by atoms with Gasteiger partial charge in [-0.15, -0.1) is 0 Å². The van der Waals surface area contributed by atoms with Crippen LogP contribution in [0.5, 0.6) is 17.2 Å². The molecule has 0 amide bonds. The fourth-order valence-corrected chi connectivity index (χ4v) is 3.64. The number of hydrogen-bond donors (Lipinski definition) is 2. The minimum Gasteiger partial charge on any atom is -0.733 e. The summed E-state index contributed by atoms with van der Waals surface area (Å²) in [4.78, 5) is 2.18. The van der Waals surface area contributed by atoms with Crippen molar-refractivity contribution in [2.75, 3.05) is 44.6 Å². The van der Waals surface area contributed by atoms with E-state index in [-0.39, 0.29) is 23.7 Å². The van der Waals surface area contributed by atoms with Crippen LogP contribution in [0.25, 0.3) is 0 Å². The highest BCUT2D eigenvalue weighted by Gasteiger charge is 2.33. The van der Waals surface area contributed by atoms with Gasteiger partial charge in [0.05, 0.1) is 19.3 Å². The fourth-order valence-electron chi connectivity index (χ4n) is 3.64. The van der Waals surface area contributed by atoms with Gasteiger partial charge in [0.2, 0.25) is 12.5 Å². The Hall–Kier alpha value is -3.12. The molecule has 0 spiro atoms. The molecule has 0 fully saturated rings. The highest BCUT2D eigenvalue weighted by Crippen LogP contribution is 2.49. The minimum atomic E-state index is -0.165. The number of hydrogen-bond acceptors (Lipinski definition) is 8. The molecule has 0 bridgehead atoms. The molecule has 2 aliphatic heterocycles. The van der Waals surface area contributed by atoms with Crippen molar-refractivity contribution >= 4 is 11.4 Å². The third kappa shape index (κ3) is 3.76. The molecule has 2 heterocycles. The van der Waals surface area contributed by atoms with Crippen LogP contribution >= 0.6 is 0 Å². The zero-order valence-corrected chi connectivity index (χ0v) is 16.3. The third-order valence-corrected chi connectivity index (χ3v) is 5.08. The summed E-state index contributed by atoms with van der Waals surface area (Å²) in [6.45, 7) is 1.46. The van der Waals surface area contributed by atoms with Gasteiger partial charge in [0.1, 0.15) is 6.04 Å². The van der Waals surface area contributed by atoms with Crippen LogP contribution in [0.2, 0.25) is 0 Å². The van der Waals surface area contributed by atoms with Crippen molar-refractivity contribution in [3.8, 4) is 29.1 Å². The first-order chi connectivity index (χ1) is 14.1. The summed E-state index contributed by atoms with van der Waals surface area (Å²) >= 11 is 0. The lowest BCUT2D eigenvalue weighted by molar-refractivity contribution is 0.171. The van der Waals surface area contributed by atoms with Crippen molar-refractivity contribution in [1.29, 1.82) is 0 Å². The summed E-state index contributed by atoms with van der Waals surface area (Å²) in [5, 5.41) is 23.0. The van der Waals surface area contributed by atoms with Crippen molar-refractivity contribution in [2.45, 2.75) is 12.5 Å². The van der Waals surface area contributed by atoms with E-state index in [1.807, 2.05) is 13.1 Å². The molecule has 29 heavy (non-hydrogen) atoms. The van der Waals surface area contributed by atoms with Crippen LogP contribution in [-0.4, -0.2) is 44.1 Å². The number of nitrogens with zero attached hydrogens (tertiary/aromatic N) is 2. The van der Waals surface area contributed by atoms with Crippen LogP contribution in [0.1, 0.15) is 17.2 Å². The Morgan fingerprint density at radius 1 is 1.38 bits per heavy atom. The van der Waals surface area contributed by atoms with Gasteiger partial charge in [0, 0.05) is 17.8 Å². The standard InChI is InChI=1S/C21H22N3O5/c1-23-10-8-14-11-18-20(29-13-28-18)21(27-2)19(14)17(23)7-4-9-22-15-5-3-6-16(12-15)24(25)26/h3,5-6,11-12,17,22,25H,8-10,13H2,1-2H3/q-1/t17-/m0/s1. The van der Waals surface area contributed by atoms with Crippen LogP contribution < -0.4 is 24.8 Å². The first kappa shape index (κ1) is 19.2. The molecule has 0 aromatic heterocycles. The first-order valence-corrected chi connectivity index (χ1v) is 9.26. The summed E-state index contributed by atoms with van der Waals surface area (Å²) in [7, 11) is 3.67. The molecule has 2 aliphatic rings. The molecule has 8 heteroatoms. The van der Waals surface area contributed by atoms with Crippen molar-refractivity contribution in [2.24, 2.45) is 0 Å². The molecule has 2 N–H and O–H groups in total. The topological polar surface area (TPSA) is 89.5 Å². The number of nitrogens with one attached hydrogen (secondary N) is 1. The number of rotatable bonds is 4. The van der Waals surface area contributed by atoms with Crippen LogP contribution in [-0.2, 0) is 6.42 Å². The minimum absolute atomic E-state index is 0.133. The normalized spacial score (nSPS) is 17.2. The summed E-state index contributed by atoms with van der Waals surface area (Å²) in [5.74, 6) is 8.51. The van der Waals surface area contributed by atoms with Crippen LogP contribution in [0.15, 0.2) is 30.3 Å². The van der Waals surface area contributed by atoms with Crippen molar-refractivity contribution in [1.82, 2.24) is 4.90 Å². The van der Waals surface area contributed by atoms with E-state index < -0.39 is 0 Å². The van der Waals surface area contributed by atoms with E-state index in [0.717, 1.165) is 29.8 Å². The third-order valence-electron chi connectivity index (χ3n) is 5.08. The fraction of sp³-hybridized carbons (Fsp3) is 0.333. The van der Waals surface area contributed by atoms with Gasteiger partial charge < -0.3 is 30.0 Å². The zero-order chi connectivity index (χ0) is 20.4. The monoisotopic (exact) mass is 396 g/mol. The van der Waals surface area contributed by atoms with Crippen molar-refractivity contribution < 1.29 is 19.4 Å². The van der Waals surface area contributed by atoms with E-state index in [1.54, 1.807) is 25.3 Å². The Morgan fingerprint density at radius 2 is 2.24 bits per heavy atom. The molecule has 0 saturated carbocycles. The molecule has 8 nitrogen and oxygen atoms in total. The SMILES string of the molecule is COc1c2c(cc3c1[C@H](C#CCNc1cccc(N([O-])O)c1)N(C)CC3)OCO2. The smallest absolute Gasteiger partial charge is 0.231 e. The second kappa shape index (κ2) is 8.09. The summed E-state index contributed by atoms with van der Waals surface area (Å²) < 4.78 is 16.8. The Labute approximate surface area is 169 Å². The molecular weight excluding hydrogens is 374 g/mol. The average Bonchev–Trinajstić information content (AvgIpc) is 3.19. The lowest BCUT2D eigenvalue weighted by Crippen LogP contribution is -2.31. The average molecular weight is 396 g/mol. The molecule has 2 aromatic rings. The Morgan fingerprint density at radius 3 is 3.03 bits per heavy atom. The number of likely N-dealkylation sites (N-methyl/N-ethyl adjacent to an activating group) is 1. The van der Waals surface area contributed by atoms with E-state index in [1.165, 1.54) is 6.07 Å². The molecule has 152 valence electrons. The van der Waals surface area contributed by atoms with Crippen molar-refractivity contribution in [3.63, 3.8) is 0 Å². The van der Waals surface area contributed by atoms with Crippen molar-refractivity contribution in [3.05, 3.63) is 46.7 Å². The van der Waals surface area contributed by atoms with Crippen LogP contribution in [0.4, 0.5) is 11.4 Å². The molecule has 0 radical (unpaired) electrons. The zero-order valence-electron chi connectivity index (χ0n) is 16.3. The highest BCUT2D eigenvalue weighted by molar-refractivity contribution is 5.63. The molecule has 0 aliphatic carbocycles. The highest BCUT2D eigenvalue weighted by atomic mass is 16.8. The van der Waals surface area contributed by atoms with Gasteiger partial charge >= 0.3 is 0 Å². The van der Waals surface area contributed by atoms with E-state index in [0.29, 0.717) is 23.7 Å². The second-order valence-electron chi connectivity index (χ2n) is 6.85. The molecule has 0 unspecified atom stereocenters. The Balaban J connectivity index is 1.56. The number of fused-ring (bicyclic) bond motifs is 2. The van der Waals surface area contributed by atoms with E-state index >= 15 is 0 Å². The maximum Gasteiger partial charge on any atom is 0.231 e. The molecule has 0 saturated heterocycles. The molecular formula is C21H22N3O5-. The predicted octanol–water partition coefficient (Wildman–Crippen LogP) is 2.76. The van der Waals surface area contributed by atoms with Gasteiger partial charge in [0.25, 0.3) is 0 Å². The number of anilines is 2. The lowest BCUT2D eigenvalue weighted by atomic mass is 9.91. The summed E-state index contributed by atoms with van der Waals surface area (Å²) in [5.41, 5.74) is 3.03. The Bertz CT molecular complexity index is 967. The van der Waals surface area contributed by atoms with Crippen LogP contribution in [0.3, 0.4) is 0 Å². The number of methoxy groups -OCH3 is 1. The summed E-state index contributed by atoms with van der Waals surface area (Å²) in [6.07, 6.45) is 0.884. The van der Waals surface area contributed by atoms with Gasteiger partial charge in [-0.1, -0.05) is 17.9 Å². The first-order valence-electron chi connectivity index (χ1n) is 9.26. The van der Waals surface area contributed by atoms with E-state index in [9.17, 15) is 5.21 Å². The molecule has 4 rings (SSSR count). The molecule has 2 aromatic carbocycles. The van der Waals surface area contributed by atoms with Gasteiger partial charge in [0.15, 0.2) is 11.5 Å². The van der Waals surface area contributed by atoms with Gasteiger partial charge in [-0.25, -0.2) is 0 Å². The van der Waals surface area contributed by atoms with Gasteiger partial charge in [-0.2, -0.15) is 0 Å². The quantitative estimate of drug-likeness (QED) is 0.602. The summed E-state index contributed by atoms with van der Waals surface area (Å²) in [6, 6.07) is 8.46. The maximum atomic E-state index is 11.0. The lowest BCUT2D eigenvalue weighted by Gasteiger charge is -2.32.